The number of carbonyl (C=O) groups is 3. The number of aromatic amines is 1. The summed E-state index contributed by atoms with van der Waals surface area (Å²) in [6, 6.07) is 8.00. The van der Waals surface area contributed by atoms with Crippen LogP contribution in [0.3, 0.4) is 0 Å². The summed E-state index contributed by atoms with van der Waals surface area (Å²) < 4.78 is 5.39. The van der Waals surface area contributed by atoms with Crippen LogP contribution in [-0.2, 0) is 9.59 Å². The third kappa shape index (κ3) is 5.24. The molecule has 0 aliphatic heterocycles. The molecule has 2 amide bonds. The van der Waals surface area contributed by atoms with Gasteiger partial charge in [-0.2, -0.15) is 5.26 Å². The van der Waals surface area contributed by atoms with Gasteiger partial charge in [0, 0.05) is 30.3 Å². The number of hydrogen-bond acceptors (Lipinski definition) is 5. The number of hydrogen-bond donors (Lipinski definition) is 2. The predicted molar refractivity (Wildman–Crippen MR) is 127 cm³/mol. The van der Waals surface area contributed by atoms with Crippen molar-refractivity contribution in [3.8, 4) is 11.8 Å². The van der Waals surface area contributed by atoms with Gasteiger partial charge < -0.3 is 19.9 Å². The van der Waals surface area contributed by atoms with Crippen LogP contribution in [0.15, 0.2) is 24.3 Å². The third-order valence-corrected chi connectivity index (χ3v) is 7.09. The Kier molecular flexibility index (Phi) is 7.20. The van der Waals surface area contributed by atoms with E-state index in [9.17, 15) is 19.6 Å². The highest BCUT2D eigenvalue weighted by atomic mass is 16.5. The molecule has 4 rings (SSSR count). The standard InChI is InChI=1S/C26H32N4O4/c1-30(26(33)21-14-19-20(29-21)7-5-9-24(19)34-2)22(12-16-10-11-16)25(32)28-18(15-27)13-17-6-3-4-8-23(17)31/h5,7,9,14,16-18,22,29H,3-4,6,8,10-13H2,1-2H3,(H,28,32)/t17-,18-,22-/m0/s1. The number of Topliss-reactive ketones (excluding diaryl/α,β-unsaturated/α-hetero) is 1. The molecule has 2 aliphatic rings. The molecule has 8 heteroatoms. The first kappa shape index (κ1) is 23.8. The number of nitrogens with one attached hydrogen (secondary N) is 2. The number of ether oxygens (including phenoxy) is 1. The number of aromatic nitrogens is 1. The minimum Gasteiger partial charge on any atom is -0.496 e. The van der Waals surface area contributed by atoms with Gasteiger partial charge in [0.2, 0.25) is 5.91 Å². The first-order chi connectivity index (χ1) is 16.4. The molecule has 0 bridgehead atoms. The number of carbonyl (C=O) groups excluding carboxylic acids is 3. The molecule has 0 saturated heterocycles. The molecule has 0 spiro atoms. The van der Waals surface area contributed by atoms with Crippen molar-refractivity contribution in [2.24, 2.45) is 11.8 Å². The van der Waals surface area contributed by atoms with E-state index >= 15 is 0 Å². The number of benzene rings is 1. The summed E-state index contributed by atoms with van der Waals surface area (Å²) in [5.74, 6) is 0.422. The molecular formula is C26H32N4O4. The van der Waals surface area contributed by atoms with E-state index in [1.165, 1.54) is 4.90 Å². The molecule has 180 valence electrons. The monoisotopic (exact) mass is 464 g/mol. The van der Waals surface area contributed by atoms with E-state index in [0.29, 0.717) is 36.6 Å². The summed E-state index contributed by atoms with van der Waals surface area (Å²) in [6.45, 7) is 0. The van der Waals surface area contributed by atoms with Crippen molar-refractivity contribution in [3.05, 3.63) is 30.0 Å². The molecule has 2 N–H and O–H groups in total. The number of likely N-dealkylation sites (N-methyl/N-ethyl adjacent to an activating group) is 1. The topological polar surface area (TPSA) is 115 Å². The van der Waals surface area contributed by atoms with Crippen LogP contribution >= 0.6 is 0 Å². The first-order valence-corrected chi connectivity index (χ1v) is 12.1. The molecule has 1 aromatic heterocycles. The van der Waals surface area contributed by atoms with E-state index in [1.54, 1.807) is 20.2 Å². The van der Waals surface area contributed by atoms with Crippen LogP contribution in [-0.4, -0.2) is 53.7 Å². The van der Waals surface area contributed by atoms with Crippen LogP contribution in [0.2, 0.25) is 0 Å². The minimum atomic E-state index is -0.748. The molecule has 1 heterocycles. The fourth-order valence-corrected chi connectivity index (χ4v) is 4.86. The summed E-state index contributed by atoms with van der Waals surface area (Å²) in [4.78, 5) is 43.4. The average Bonchev–Trinajstić information content (AvgIpc) is 3.56. The lowest BCUT2D eigenvalue weighted by Crippen LogP contribution is -2.51. The number of H-pyrrole nitrogens is 1. The van der Waals surface area contributed by atoms with E-state index in [-0.39, 0.29) is 23.5 Å². The van der Waals surface area contributed by atoms with Crippen molar-refractivity contribution in [1.82, 2.24) is 15.2 Å². The fourth-order valence-electron chi connectivity index (χ4n) is 4.86. The lowest BCUT2D eigenvalue weighted by atomic mass is 9.84. The van der Waals surface area contributed by atoms with Gasteiger partial charge in [-0.1, -0.05) is 25.3 Å². The van der Waals surface area contributed by atoms with Gasteiger partial charge in [-0.15, -0.1) is 0 Å². The Hall–Kier alpha value is -3.34. The van der Waals surface area contributed by atoms with E-state index in [1.807, 2.05) is 18.2 Å². The summed E-state index contributed by atoms with van der Waals surface area (Å²) >= 11 is 0. The van der Waals surface area contributed by atoms with E-state index in [0.717, 1.165) is 43.0 Å². The zero-order chi connectivity index (χ0) is 24.2. The van der Waals surface area contributed by atoms with Gasteiger partial charge in [0.05, 0.1) is 13.2 Å². The van der Waals surface area contributed by atoms with E-state index < -0.39 is 12.1 Å². The molecule has 0 radical (unpaired) electrons. The van der Waals surface area contributed by atoms with Crippen molar-refractivity contribution in [2.75, 3.05) is 14.2 Å². The summed E-state index contributed by atoms with van der Waals surface area (Å²) in [5.41, 5.74) is 1.15. The maximum absolute atomic E-state index is 13.3. The SMILES string of the molecule is COc1cccc2[nH]c(C(=O)N(C)[C@@H](CC3CC3)C(=O)N[C@H](C#N)C[C@@H]3CCCCC3=O)cc12. The van der Waals surface area contributed by atoms with Crippen LogP contribution < -0.4 is 10.1 Å². The predicted octanol–water partition coefficient (Wildman–Crippen LogP) is 3.57. The Morgan fingerprint density at radius 1 is 1.26 bits per heavy atom. The summed E-state index contributed by atoms with van der Waals surface area (Å²) in [6.07, 6.45) is 6.14. The lowest BCUT2D eigenvalue weighted by molar-refractivity contribution is -0.128. The smallest absolute Gasteiger partial charge is 0.270 e. The number of nitrogens with zero attached hydrogens (tertiary/aromatic N) is 2. The van der Waals surface area contributed by atoms with Crippen LogP contribution in [0.4, 0.5) is 0 Å². The molecule has 2 fully saturated rings. The second-order valence-corrected chi connectivity index (χ2v) is 9.55. The highest BCUT2D eigenvalue weighted by Crippen LogP contribution is 2.35. The number of rotatable bonds is 9. The Balaban J connectivity index is 1.49. The van der Waals surface area contributed by atoms with Crippen LogP contribution in [0, 0.1) is 23.2 Å². The summed E-state index contributed by atoms with van der Waals surface area (Å²) in [7, 11) is 3.21. The van der Waals surface area contributed by atoms with Crippen molar-refractivity contribution in [1.29, 1.82) is 5.26 Å². The first-order valence-electron chi connectivity index (χ1n) is 12.1. The highest BCUT2D eigenvalue weighted by molar-refractivity contribution is 6.01. The number of amides is 2. The van der Waals surface area contributed by atoms with Gasteiger partial charge in [-0.05, 0) is 49.8 Å². The van der Waals surface area contributed by atoms with Gasteiger partial charge in [-0.25, -0.2) is 0 Å². The zero-order valence-electron chi connectivity index (χ0n) is 19.8. The van der Waals surface area contributed by atoms with Gasteiger partial charge in [0.15, 0.2) is 0 Å². The maximum atomic E-state index is 13.3. The largest absolute Gasteiger partial charge is 0.496 e. The normalized spacial score (nSPS) is 19.8. The number of nitriles is 1. The second kappa shape index (κ2) is 10.3. The molecular weight excluding hydrogens is 432 g/mol. The molecule has 2 aromatic rings. The maximum Gasteiger partial charge on any atom is 0.270 e. The molecule has 2 aliphatic carbocycles. The lowest BCUT2D eigenvalue weighted by Gasteiger charge is -2.29. The third-order valence-electron chi connectivity index (χ3n) is 7.09. The van der Waals surface area contributed by atoms with Crippen LogP contribution in [0.1, 0.15) is 61.9 Å². The molecule has 8 nitrogen and oxygen atoms in total. The van der Waals surface area contributed by atoms with Crippen molar-refractivity contribution in [2.45, 2.75) is 63.5 Å². The number of methoxy groups -OCH3 is 1. The van der Waals surface area contributed by atoms with Crippen LogP contribution in [0.25, 0.3) is 10.9 Å². The molecule has 3 atom stereocenters. The average molecular weight is 465 g/mol. The highest BCUT2D eigenvalue weighted by Gasteiger charge is 2.36. The van der Waals surface area contributed by atoms with Gasteiger partial charge in [0.1, 0.15) is 29.3 Å². The molecule has 1 aromatic carbocycles. The molecule has 2 saturated carbocycles. The van der Waals surface area contributed by atoms with Crippen molar-refractivity contribution in [3.63, 3.8) is 0 Å². The Morgan fingerprint density at radius 2 is 2.06 bits per heavy atom. The van der Waals surface area contributed by atoms with E-state index in [4.69, 9.17) is 4.74 Å². The minimum absolute atomic E-state index is 0.178. The fraction of sp³-hybridized carbons (Fsp3) is 0.538. The quantitative estimate of drug-likeness (QED) is 0.589. The Morgan fingerprint density at radius 3 is 2.74 bits per heavy atom. The Bertz CT molecular complexity index is 1110. The van der Waals surface area contributed by atoms with Gasteiger partial charge in [0.25, 0.3) is 5.91 Å². The zero-order valence-corrected chi connectivity index (χ0v) is 19.8. The van der Waals surface area contributed by atoms with Crippen molar-refractivity contribution >= 4 is 28.5 Å². The summed E-state index contributed by atoms with van der Waals surface area (Å²) in [5, 5.41) is 13.3. The van der Waals surface area contributed by atoms with E-state index in [2.05, 4.69) is 16.4 Å². The second-order valence-electron chi connectivity index (χ2n) is 9.55. The van der Waals surface area contributed by atoms with Crippen molar-refractivity contribution < 1.29 is 19.1 Å². The molecule has 0 unspecified atom stereocenters. The number of fused-ring (bicyclic) bond motifs is 1. The van der Waals surface area contributed by atoms with Gasteiger partial charge >= 0.3 is 0 Å². The molecule has 34 heavy (non-hydrogen) atoms. The Labute approximate surface area is 199 Å². The van der Waals surface area contributed by atoms with Gasteiger partial charge in [-0.3, -0.25) is 14.4 Å². The number of ketones is 1. The van der Waals surface area contributed by atoms with Crippen LogP contribution in [0.5, 0.6) is 5.75 Å².